The number of pyridine rings is 1. The van der Waals surface area contributed by atoms with E-state index in [4.69, 9.17) is 5.11 Å². The van der Waals surface area contributed by atoms with E-state index < -0.39 is 0 Å². The molecule has 1 saturated carbocycles. The highest BCUT2D eigenvalue weighted by Crippen LogP contribution is 2.40. The van der Waals surface area contributed by atoms with Crippen LogP contribution in [0.3, 0.4) is 0 Å². The van der Waals surface area contributed by atoms with E-state index in [0.29, 0.717) is 0 Å². The Morgan fingerprint density at radius 3 is 2.86 bits per heavy atom. The summed E-state index contributed by atoms with van der Waals surface area (Å²) in [6, 6.07) is 10.6. The summed E-state index contributed by atoms with van der Waals surface area (Å²) >= 11 is 0. The number of benzene rings is 1. The van der Waals surface area contributed by atoms with Gasteiger partial charge in [0, 0.05) is 24.9 Å². The number of rotatable bonds is 5. The number of aryl methyl sites for hydroxylation is 1. The molecule has 22 heavy (non-hydrogen) atoms. The van der Waals surface area contributed by atoms with Gasteiger partial charge in [0.05, 0.1) is 23.1 Å². The van der Waals surface area contributed by atoms with Crippen LogP contribution < -0.4 is 0 Å². The first-order chi connectivity index (χ1) is 10.8. The van der Waals surface area contributed by atoms with Crippen LogP contribution in [0.4, 0.5) is 0 Å². The van der Waals surface area contributed by atoms with Gasteiger partial charge in [0.25, 0.3) is 0 Å². The number of hydrogen-bond donors (Lipinski definition) is 1. The van der Waals surface area contributed by atoms with Crippen molar-refractivity contribution in [2.45, 2.75) is 31.7 Å². The van der Waals surface area contributed by atoms with Crippen molar-refractivity contribution in [1.29, 1.82) is 0 Å². The van der Waals surface area contributed by atoms with E-state index in [-0.39, 0.29) is 6.61 Å². The van der Waals surface area contributed by atoms with Crippen molar-refractivity contribution in [2.24, 2.45) is 0 Å². The third kappa shape index (κ3) is 2.50. The molecular weight excluding hydrogens is 274 g/mol. The second kappa shape index (κ2) is 5.54. The van der Waals surface area contributed by atoms with Crippen LogP contribution in [0.2, 0.25) is 0 Å². The molecule has 112 valence electrons. The maximum absolute atomic E-state index is 9.01. The minimum atomic E-state index is 0.199. The zero-order chi connectivity index (χ0) is 14.9. The second-order valence-corrected chi connectivity index (χ2v) is 5.97. The number of aliphatic hydroxyl groups excluding tert-OH is 1. The van der Waals surface area contributed by atoms with Gasteiger partial charge in [0.2, 0.25) is 0 Å². The second-order valence-electron chi connectivity index (χ2n) is 5.97. The number of hydrogen-bond acceptors (Lipinski definition) is 3. The molecule has 1 fully saturated rings. The Kier molecular flexibility index (Phi) is 3.39. The van der Waals surface area contributed by atoms with Gasteiger partial charge >= 0.3 is 0 Å². The van der Waals surface area contributed by atoms with Crippen LogP contribution in [0.15, 0.2) is 42.9 Å². The van der Waals surface area contributed by atoms with Crippen LogP contribution in [0.5, 0.6) is 0 Å². The van der Waals surface area contributed by atoms with Gasteiger partial charge in [-0.25, -0.2) is 4.98 Å². The summed E-state index contributed by atoms with van der Waals surface area (Å²) in [6.07, 6.45) is 7.10. The van der Waals surface area contributed by atoms with Crippen LogP contribution in [0.1, 0.15) is 30.7 Å². The van der Waals surface area contributed by atoms with E-state index in [1.165, 1.54) is 18.4 Å². The van der Waals surface area contributed by atoms with Gasteiger partial charge in [-0.3, -0.25) is 4.98 Å². The van der Waals surface area contributed by atoms with Gasteiger partial charge in [-0.1, -0.05) is 6.07 Å². The monoisotopic (exact) mass is 293 g/mol. The molecule has 0 bridgehead atoms. The maximum atomic E-state index is 9.01. The average Bonchev–Trinajstić information content (AvgIpc) is 3.34. The number of imidazole rings is 1. The molecule has 4 nitrogen and oxygen atoms in total. The first-order valence-electron chi connectivity index (χ1n) is 7.87. The highest BCUT2D eigenvalue weighted by molar-refractivity contribution is 5.81. The fraction of sp³-hybridized carbons (Fsp3) is 0.333. The van der Waals surface area contributed by atoms with Crippen molar-refractivity contribution in [2.75, 3.05) is 6.61 Å². The van der Waals surface area contributed by atoms with Crippen LogP contribution in [-0.4, -0.2) is 26.2 Å². The number of fused-ring (bicyclic) bond motifs is 1. The zero-order valence-corrected chi connectivity index (χ0v) is 12.4. The van der Waals surface area contributed by atoms with Crippen LogP contribution in [0, 0.1) is 0 Å². The highest BCUT2D eigenvalue weighted by Gasteiger charge is 2.23. The minimum absolute atomic E-state index is 0.199. The topological polar surface area (TPSA) is 50.9 Å². The normalized spacial score (nSPS) is 14.6. The molecule has 1 N–H and O–H groups in total. The Morgan fingerprint density at radius 1 is 1.14 bits per heavy atom. The van der Waals surface area contributed by atoms with Crippen molar-refractivity contribution in [3.63, 3.8) is 0 Å². The van der Waals surface area contributed by atoms with Crippen molar-refractivity contribution in [3.8, 4) is 11.3 Å². The molecule has 0 unspecified atom stereocenters. The van der Waals surface area contributed by atoms with E-state index in [1.807, 2.05) is 18.6 Å². The largest absolute Gasteiger partial charge is 0.396 e. The fourth-order valence-electron chi connectivity index (χ4n) is 2.91. The molecule has 0 atom stereocenters. The van der Waals surface area contributed by atoms with Gasteiger partial charge < -0.3 is 9.67 Å². The molecule has 2 heterocycles. The Morgan fingerprint density at radius 2 is 2.05 bits per heavy atom. The molecule has 4 rings (SSSR count). The predicted molar refractivity (Wildman–Crippen MR) is 86.6 cm³/mol. The lowest BCUT2D eigenvalue weighted by atomic mass is 10.1. The Balaban J connectivity index is 1.73. The summed E-state index contributed by atoms with van der Waals surface area (Å²) in [5, 5.41) is 9.01. The lowest BCUT2D eigenvalue weighted by Crippen LogP contribution is -1.98. The first kappa shape index (κ1) is 13.5. The molecule has 1 aliphatic carbocycles. The molecular formula is C18H19N3O. The van der Waals surface area contributed by atoms with Gasteiger partial charge in [0.1, 0.15) is 0 Å². The van der Waals surface area contributed by atoms with Crippen molar-refractivity contribution in [3.05, 3.63) is 48.4 Å². The molecule has 0 aliphatic heterocycles. The average molecular weight is 293 g/mol. The van der Waals surface area contributed by atoms with Gasteiger partial charge in [-0.05, 0) is 55.0 Å². The van der Waals surface area contributed by atoms with E-state index in [2.05, 4.69) is 38.8 Å². The standard InChI is InChI=1S/C18H19N3O/c22-9-1-8-21-12-20-16-5-4-15(11-18(16)21)17-10-14(6-7-19-17)13-2-3-13/h4-7,10-13,22H,1-3,8-9H2. The van der Waals surface area contributed by atoms with Crippen molar-refractivity contribution in [1.82, 2.24) is 14.5 Å². The molecule has 4 heteroatoms. The van der Waals surface area contributed by atoms with E-state index in [1.54, 1.807) is 0 Å². The summed E-state index contributed by atoms with van der Waals surface area (Å²) < 4.78 is 2.10. The first-order valence-corrected chi connectivity index (χ1v) is 7.87. The molecule has 0 radical (unpaired) electrons. The fourth-order valence-corrected chi connectivity index (χ4v) is 2.91. The Hall–Kier alpha value is -2.20. The quantitative estimate of drug-likeness (QED) is 0.784. The maximum Gasteiger partial charge on any atom is 0.0958 e. The molecule has 0 saturated heterocycles. The summed E-state index contributed by atoms with van der Waals surface area (Å²) in [5.74, 6) is 0.737. The van der Waals surface area contributed by atoms with Crippen LogP contribution >= 0.6 is 0 Å². The summed E-state index contributed by atoms with van der Waals surface area (Å²) in [4.78, 5) is 8.96. The van der Waals surface area contributed by atoms with Gasteiger partial charge in [0.15, 0.2) is 0 Å². The summed E-state index contributed by atoms with van der Waals surface area (Å²) in [5.41, 5.74) is 5.64. The minimum Gasteiger partial charge on any atom is -0.396 e. The lowest BCUT2D eigenvalue weighted by molar-refractivity contribution is 0.280. The van der Waals surface area contributed by atoms with Crippen LogP contribution in [-0.2, 0) is 6.54 Å². The Bertz CT molecular complexity index is 805. The van der Waals surface area contributed by atoms with E-state index in [0.717, 1.165) is 41.2 Å². The summed E-state index contributed by atoms with van der Waals surface area (Å²) in [7, 11) is 0. The van der Waals surface area contributed by atoms with Gasteiger partial charge in [-0.2, -0.15) is 0 Å². The molecule has 0 spiro atoms. The van der Waals surface area contributed by atoms with Crippen LogP contribution in [0.25, 0.3) is 22.3 Å². The smallest absolute Gasteiger partial charge is 0.0958 e. The van der Waals surface area contributed by atoms with E-state index >= 15 is 0 Å². The molecule has 0 amide bonds. The molecule has 1 aromatic carbocycles. The lowest BCUT2D eigenvalue weighted by Gasteiger charge is -2.06. The summed E-state index contributed by atoms with van der Waals surface area (Å²) in [6.45, 7) is 0.982. The number of nitrogens with zero attached hydrogens (tertiary/aromatic N) is 3. The molecule has 1 aliphatic rings. The van der Waals surface area contributed by atoms with Crippen molar-refractivity contribution >= 4 is 11.0 Å². The number of aliphatic hydroxyl groups is 1. The number of aromatic nitrogens is 3. The predicted octanol–water partition coefficient (Wildman–Crippen LogP) is 3.36. The van der Waals surface area contributed by atoms with E-state index in [9.17, 15) is 0 Å². The third-order valence-electron chi connectivity index (χ3n) is 4.31. The SMILES string of the molecule is OCCCn1cnc2ccc(-c3cc(C4CC4)ccn3)cc21. The molecule has 3 aromatic rings. The zero-order valence-electron chi connectivity index (χ0n) is 12.4. The highest BCUT2D eigenvalue weighted by atomic mass is 16.3. The Labute approximate surface area is 129 Å². The van der Waals surface area contributed by atoms with Gasteiger partial charge in [-0.15, -0.1) is 0 Å². The third-order valence-corrected chi connectivity index (χ3v) is 4.31. The van der Waals surface area contributed by atoms with Crippen molar-refractivity contribution < 1.29 is 5.11 Å². The molecule has 2 aromatic heterocycles.